The lowest BCUT2D eigenvalue weighted by Crippen LogP contribution is -2.55. The molecule has 1 saturated heterocycles. The molecule has 2 unspecified atom stereocenters. The predicted molar refractivity (Wildman–Crippen MR) is 124 cm³/mol. The first-order valence-electron chi connectivity index (χ1n) is 10.6. The fraction of sp³-hybridized carbons (Fsp3) is 0.435. The SMILES string of the molecule is CCC(C)NC(=O)C(NC(=O)c1cccs1)C1CCN(C(=O)c2ccc(Cl)cc2)CC1. The van der Waals surface area contributed by atoms with Gasteiger partial charge in [-0.05, 0) is 67.8 Å². The van der Waals surface area contributed by atoms with Gasteiger partial charge >= 0.3 is 0 Å². The lowest BCUT2D eigenvalue weighted by molar-refractivity contribution is -0.125. The Morgan fingerprint density at radius 2 is 1.81 bits per heavy atom. The van der Waals surface area contributed by atoms with Crippen molar-refractivity contribution in [3.05, 3.63) is 57.2 Å². The van der Waals surface area contributed by atoms with E-state index in [1.165, 1.54) is 11.3 Å². The highest BCUT2D eigenvalue weighted by Gasteiger charge is 2.34. The van der Waals surface area contributed by atoms with Gasteiger partial charge in [0, 0.05) is 29.7 Å². The van der Waals surface area contributed by atoms with E-state index in [9.17, 15) is 14.4 Å². The van der Waals surface area contributed by atoms with Crippen molar-refractivity contribution in [1.29, 1.82) is 0 Å². The zero-order valence-corrected chi connectivity index (χ0v) is 19.3. The van der Waals surface area contributed by atoms with Crippen LogP contribution in [0.5, 0.6) is 0 Å². The zero-order chi connectivity index (χ0) is 22.4. The lowest BCUT2D eigenvalue weighted by atomic mass is 9.88. The van der Waals surface area contributed by atoms with Gasteiger partial charge in [-0.3, -0.25) is 14.4 Å². The zero-order valence-electron chi connectivity index (χ0n) is 17.8. The van der Waals surface area contributed by atoms with Gasteiger partial charge in [-0.2, -0.15) is 0 Å². The number of halogens is 1. The minimum Gasteiger partial charge on any atom is -0.352 e. The van der Waals surface area contributed by atoms with Crippen LogP contribution in [0.25, 0.3) is 0 Å². The van der Waals surface area contributed by atoms with Crippen molar-refractivity contribution in [3.63, 3.8) is 0 Å². The average molecular weight is 462 g/mol. The van der Waals surface area contributed by atoms with Crippen molar-refractivity contribution < 1.29 is 14.4 Å². The van der Waals surface area contributed by atoms with E-state index in [0.29, 0.717) is 41.4 Å². The number of carbonyl (C=O) groups is 3. The summed E-state index contributed by atoms with van der Waals surface area (Å²) >= 11 is 7.26. The van der Waals surface area contributed by atoms with Gasteiger partial charge < -0.3 is 15.5 Å². The number of thiophene rings is 1. The maximum Gasteiger partial charge on any atom is 0.262 e. The molecule has 6 nitrogen and oxygen atoms in total. The maximum absolute atomic E-state index is 13.0. The van der Waals surface area contributed by atoms with Gasteiger partial charge in [0.25, 0.3) is 11.8 Å². The summed E-state index contributed by atoms with van der Waals surface area (Å²) in [5, 5.41) is 8.37. The van der Waals surface area contributed by atoms with Gasteiger partial charge in [-0.25, -0.2) is 0 Å². The number of piperidine rings is 1. The van der Waals surface area contributed by atoms with E-state index in [2.05, 4.69) is 10.6 Å². The smallest absolute Gasteiger partial charge is 0.262 e. The average Bonchev–Trinajstić information content (AvgIpc) is 3.32. The Kier molecular flexibility index (Phi) is 8.09. The van der Waals surface area contributed by atoms with Crippen molar-refractivity contribution in [1.82, 2.24) is 15.5 Å². The highest BCUT2D eigenvalue weighted by molar-refractivity contribution is 7.12. The van der Waals surface area contributed by atoms with Gasteiger partial charge in [0.2, 0.25) is 5.91 Å². The van der Waals surface area contributed by atoms with Gasteiger partial charge in [0.15, 0.2) is 0 Å². The van der Waals surface area contributed by atoms with Crippen LogP contribution in [-0.4, -0.2) is 47.8 Å². The molecular weight excluding hydrogens is 434 g/mol. The molecule has 3 amide bonds. The maximum atomic E-state index is 13.0. The molecule has 0 aliphatic carbocycles. The number of hydrogen-bond acceptors (Lipinski definition) is 4. The molecule has 2 N–H and O–H groups in total. The minimum atomic E-state index is -0.628. The summed E-state index contributed by atoms with van der Waals surface area (Å²) in [6.45, 7) is 5.02. The van der Waals surface area contributed by atoms with E-state index in [1.54, 1.807) is 35.2 Å². The van der Waals surface area contributed by atoms with Crippen molar-refractivity contribution in [2.45, 2.75) is 45.2 Å². The Morgan fingerprint density at radius 3 is 2.39 bits per heavy atom. The summed E-state index contributed by atoms with van der Waals surface area (Å²) in [4.78, 5) is 40.8. The number of hydrogen-bond donors (Lipinski definition) is 2. The van der Waals surface area contributed by atoms with Crippen molar-refractivity contribution in [3.8, 4) is 0 Å². The standard InChI is InChI=1S/C23H28ClN3O3S/c1-3-15(2)25-22(29)20(26-21(28)19-5-4-14-31-19)16-10-12-27(13-11-16)23(30)17-6-8-18(24)9-7-17/h4-9,14-16,20H,3,10-13H2,1-2H3,(H,25,29)(H,26,28). The minimum absolute atomic E-state index is 0.0280. The molecule has 8 heteroatoms. The van der Waals surface area contributed by atoms with Crippen LogP contribution >= 0.6 is 22.9 Å². The Morgan fingerprint density at radius 1 is 1.13 bits per heavy atom. The number of carbonyl (C=O) groups excluding carboxylic acids is 3. The summed E-state index contributed by atoms with van der Waals surface area (Å²) in [5.74, 6) is -0.485. The highest BCUT2D eigenvalue weighted by Crippen LogP contribution is 2.24. The molecule has 2 atom stereocenters. The van der Waals surface area contributed by atoms with Crippen LogP contribution < -0.4 is 10.6 Å². The second-order valence-corrected chi connectivity index (χ2v) is 9.27. The molecule has 166 valence electrons. The van der Waals surface area contributed by atoms with Crippen molar-refractivity contribution in [2.24, 2.45) is 5.92 Å². The fourth-order valence-corrected chi connectivity index (χ4v) is 4.42. The summed E-state index contributed by atoms with van der Waals surface area (Å²) in [7, 11) is 0. The molecular formula is C23H28ClN3O3S. The number of nitrogens with one attached hydrogen (secondary N) is 2. The van der Waals surface area contributed by atoms with Gasteiger partial charge in [0.05, 0.1) is 4.88 Å². The van der Waals surface area contributed by atoms with Crippen LogP contribution in [-0.2, 0) is 4.79 Å². The molecule has 31 heavy (non-hydrogen) atoms. The largest absolute Gasteiger partial charge is 0.352 e. The number of rotatable bonds is 7. The number of benzene rings is 1. The Hall–Kier alpha value is -2.38. The summed E-state index contributed by atoms with van der Waals surface area (Å²) in [6.07, 6.45) is 2.09. The van der Waals surface area contributed by atoms with Crippen LogP contribution in [0, 0.1) is 5.92 Å². The van der Waals surface area contributed by atoms with E-state index in [0.717, 1.165) is 6.42 Å². The molecule has 1 aliphatic rings. The normalized spacial score (nSPS) is 16.4. The van der Waals surface area contributed by atoms with Crippen LogP contribution in [0.3, 0.4) is 0 Å². The number of amides is 3. The quantitative estimate of drug-likeness (QED) is 0.654. The third-order valence-corrected chi connectivity index (χ3v) is 6.83. The van der Waals surface area contributed by atoms with Crippen LogP contribution in [0.2, 0.25) is 5.02 Å². The molecule has 1 aromatic heterocycles. The van der Waals surface area contributed by atoms with Crippen molar-refractivity contribution in [2.75, 3.05) is 13.1 Å². The Bertz CT molecular complexity index is 893. The topological polar surface area (TPSA) is 78.5 Å². The van der Waals surface area contributed by atoms with E-state index in [1.807, 2.05) is 25.3 Å². The van der Waals surface area contributed by atoms with Crippen LogP contribution in [0.15, 0.2) is 41.8 Å². The predicted octanol–water partition coefficient (Wildman–Crippen LogP) is 3.97. The van der Waals surface area contributed by atoms with Gasteiger partial charge in [-0.15, -0.1) is 11.3 Å². The number of nitrogens with zero attached hydrogens (tertiary/aromatic N) is 1. The molecule has 1 fully saturated rings. The lowest BCUT2D eigenvalue weighted by Gasteiger charge is -2.36. The molecule has 0 bridgehead atoms. The van der Waals surface area contributed by atoms with Crippen LogP contribution in [0.4, 0.5) is 0 Å². The monoisotopic (exact) mass is 461 g/mol. The summed E-state index contributed by atoms with van der Waals surface area (Å²) in [5.41, 5.74) is 0.597. The molecule has 0 spiro atoms. The first-order chi connectivity index (χ1) is 14.9. The molecule has 3 rings (SSSR count). The van der Waals surface area contributed by atoms with Crippen LogP contribution in [0.1, 0.15) is 53.1 Å². The van der Waals surface area contributed by atoms with E-state index >= 15 is 0 Å². The number of likely N-dealkylation sites (tertiary alicyclic amines) is 1. The second kappa shape index (κ2) is 10.8. The van der Waals surface area contributed by atoms with E-state index in [-0.39, 0.29) is 29.7 Å². The summed E-state index contributed by atoms with van der Waals surface area (Å²) < 4.78 is 0. The Labute approximate surface area is 192 Å². The second-order valence-electron chi connectivity index (χ2n) is 7.88. The third kappa shape index (κ3) is 6.08. The molecule has 1 aromatic carbocycles. The Balaban J connectivity index is 1.66. The highest BCUT2D eigenvalue weighted by atomic mass is 35.5. The molecule has 0 radical (unpaired) electrons. The van der Waals surface area contributed by atoms with Gasteiger partial charge in [0.1, 0.15) is 6.04 Å². The first-order valence-corrected chi connectivity index (χ1v) is 11.8. The molecule has 2 aromatic rings. The third-order valence-electron chi connectivity index (χ3n) is 5.70. The molecule has 2 heterocycles. The first kappa shape index (κ1) is 23.3. The van der Waals surface area contributed by atoms with E-state index < -0.39 is 6.04 Å². The van der Waals surface area contributed by atoms with Gasteiger partial charge in [-0.1, -0.05) is 24.6 Å². The van der Waals surface area contributed by atoms with Crippen molar-refractivity contribution >= 4 is 40.7 Å². The van der Waals surface area contributed by atoms with E-state index in [4.69, 9.17) is 11.6 Å². The summed E-state index contributed by atoms with van der Waals surface area (Å²) in [6, 6.07) is 9.82. The molecule has 0 saturated carbocycles. The molecule has 1 aliphatic heterocycles. The fourth-order valence-electron chi connectivity index (χ4n) is 3.66.